The fourth-order valence-corrected chi connectivity index (χ4v) is 5.68. The second-order valence-electron chi connectivity index (χ2n) is 7.97. The quantitative estimate of drug-likeness (QED) is 0.553. The van der Waals surface area contributed by atoms with Crippen LogP contribution < -0.4 is 0 Å². The maximum atomic E-state index is 13.1. The summed E-state index contributed by atoms with van der Waals surface area (Å²) in [7, 11) is 0. The highest BCUT2D eigenvalue weighted by Gasteiger charge is 2.64. The normalized spacial score (nSPS) is 44.0. The Morgan fingerprint density at radius 3 is 2.65 bits per heavy atom. The van der Waals surface area contributed by atoms with Crippen LogP contribution in [-0.2, 0) is 28.6 Å². The molecule has 0 amide bonds. The van der Waals surface area contributed by atoms with E-state index in [1.165, 1.54) is 6.08 Å². The first-order valence-electron chi connectivity index (χ1n) is 9.17. The molecule has 0 aromatic carbocycles. The van der Waals surface area contributed by atoms with E-state index in [1.54, 1.807) is 0 Å². The summed E-state index contributed by atoms with van der Waals surface area (Å²) < 4.78 is 15.9. The van der Waals surface area contributed by atoms with E-state index < -0.39 is 23.8 Å². The van der Waals surface area contributed by atoms with Crippen molar-refractivity contribution >= 4 is 17.9 Å². The van der Waals surface area contributed by atoms with Crippen molar-refractivity contribution in [1.82, 2.24) is 0 Å². The van der Waals surface area contributed by atoms with Crippen molar-refractivity contribution in [2.75, 3.05) is 0 Å². The van der Waals surface area contributed by atoms with E-state index in [9.17, 15) is 19.5 Å². The molecule has 0 aromatic rings. The molecule has 0 unspecified atom stereocenters. The van der Waals surface area contributed by atoms with Crippen LogP contribution in [0.4, 0.5) is 0 Å². The number of esters is 3. The first-order chi connectivity index (χ1) is 12.4. The van der Waals surface area contributed by atoms with Crippen LogP contribution in [0.15, 0.2) is 22.8 Å². The number of hydrogen-bond acceptors (Lipinski definition) is 7. The van der Waals surface area contributed by atoms with Gasteiger partial charge in [0.05, 0.1) is 11.0 Å². The van der Waals surface area contributed by atoms with Crippen molar-refractivity contribution in [2.45, 2.75) is 57.5 Å². The van der Waals surface area contributed by atoms with Crippen LogP contribution in [-0.4, -0.2) is 41.5 Å². The van der Waals surface area contributed by atoms with Crippen LogP contribution >= 0.6 is 0 Å². The van der Waals surface area contributed by atoms with E-state index >= 15 is 0 Å². The SMILES string of the molecule is C[C@@H]1C[C@H]2OC(=O)C3=C2[C@H](CCC3)[C@@]12C[C@@H](C1=C[C@H](O)OC1=O)OC2=O. The Labute approximate surface area is 150 Å². The van der Waals surface area contributed by atoms with Crippen LogP contribution in [0.5, 0.6) is 0 Å². The van der Waals surface area contributed by atoms with Gasteiger partial charge in [-0.2, -0.15) is 0 Å². The molecule has 1 spiro atoms. The van der Waals surface area contributed by atoms with Gasteiger partial charge in [-0.05, 0) is 43.3 Å². The smallest absolute Gasteiger partial charge is 0.340 e. The molecule has 2 fully saturated rings. The van der Waals surface area contributed by atoms with E-state index in [4.69, 9.17) is 14.2 Å². The lowest BCUT2D eigenvalue weighted by molar-refractivity contribution is -0.156. The van der Waals surface area contributed by atoms with Crippen molar-refractivity contribution in [2.24, 2.45) is 17.3 Å². The molecule has 1 saturated heterocycles. The van der Waals surface area contributed by atoms with Gasteiger partial charge < -0.3 is 19.3 Å². The van der Waals surface area contributed by atoms with Crippen LogP contribution in [0.25, 0.3) is 0 Å². The molecule has 2 aliphatic carbocycles. The Kier molecular flexibility index (Phi) is 3.20. The van der Waals surface area contributed by atoms with Gasteiger partial charge in [-0.1, -0.05) is 6.92 Å². The summed E-state index contributed by atoms with van der Waals surface area (Å²) in [6, 6.07) is 0. The van der Waals surface area contributed by atoms with Crippen molar-refractivity contribution in [3.05, 3.63) is 22.8 Å². The standard InChI is InChI=1S/C19H20O7/c1-8-5-12-15-9(16(21)24-12)3-2-4-11(15)19(8)7-13(25-18(19)23)10-6-14(20)26-17(10)22/h6,8,11-14,20H,2-5,7H2,1H3/t8-,11+,12-,13+,14-,19-/m1/s1. The number of carbonyl (C=O) groups is 3. The molecule has 5 rings (SSSR count). The van der Waals surface area contributed by atoms with Crippen molar-refractivity contribution in [1.29, 1.82) is 0 Å². The summed E-state index contributed by atoms with van der Waals surface area (Å²) in [5.41, 5.74) is 1.18. The molecule has 26 heavy (non-hydrogen) atoms. The average Bonchev–Trinajstić information content (AvgIpc) is 3.21. The monoisotopic (exact) mass is 360 g/mol. The van der Waals surface area contributed by atoms with Crippen molar-refractivity contribution in [3.8, 4) is 0 Å². The minimum absolute atomic E-state index is 0.0352. The van der Waals surface area contributed by atoms with Gasteiger partial charge in [0.25, 0.3) is 0 Å². The Balaban J connectivity index is 1.56. The van der Waals surface area contributed by atoms with Gasteiger partial charge in [-0.25, -0.2) is 9.59 Å². The molecular weight excluding hydrogens is 340 g/mol. The average molecular weight is 360 g/mol. The third kappa shape index (κ3) is 1.89. The topological polar surface area (TPSA) is 99.1 Å². The molecule has 0 aromatic heterocycles. The van der Waals surface area contributed by atoms with Gasteiger partial charge in [-0.15, -0.1) is 0 Å². The predicted molar refractivity (Wildman–Crippen MR) is 85.1 cm³/mol. The highest BCUT2D eigenvalue weighted by molar-refractivity contribution is 5.95. The van der Waals surface area contributed by atoms with Crippen molar-refractivity contribution in [3.63, 3.8) is 0 Å². The second-order valence-corrected chi connectivity index (χ2v) is 7.97. The minimum atomic E-state index is -1.29. The molecule has 7 nitrogen and oxygen atoms in total. The van der Waals surface area contributed by atoms with E-state index in [0.717, 1.165) is 24.0 Å². The van der Waals surface area contributed by atoms with Gasteiger partial charge in [0.15, 0.2) is 0 Å². The lowest BCUT2D eigenvalue weighted by Crippen LogP contribution is -2.49. The number of hydrogen-bond donors (Lipinski definition) is 1. The lowest BCUT2D eigenvalue weighted by Gasteiger charge is -2.47. The molecule has 1 N–H and O–H groups in total. The number of carbonyl (C=O) groups excluding carboxylic acids is 3. The molecule has 138 valence electrons. The van der Waals surface area contributed by atoms with Crippen LogP contribution in [0.3, 0.4) is 0 Å². The zero-order valence-electron chi connectivity index (χ0n) is 14.4. The molecule has 7 heteroatoms. The summed E-state index contributed by atoms with van der Waals surface area (Å²) in [5.74, 6) is -1.33. The highest BCUT2D eigenvalue weighted by Crippen LogP contribution is 2.61. The van der Waals surface area contributed by atoms with E-state index in [0.29, 0.717) is 19.3 Å². The Bertz CT molecular complexity index is 794. The number of ether oxygens (including phenoxy) is 3. The zero-order valence-corrected chi connectivity index (χ0v) is 14.4. The summed E-state index contributed by atoms with van der Waals surface area (Å²) in [5, 5.41) is 9.52. The van der Waals surface area contributed by atoms with Gasteiger partial charge in [0.2, 0.25) is 6.29 Å². The fraction of sp³-hybridized carbons (Fsp3) is 0.632. The van der Waals surface area contributed by atoms with Gasteiger partial charge in [0, 0.05) is 17.9 Å². The van der Waals surface area contributed by atoms with E-state index in [1.807, 2.05) is 6.92 Å². The second kappa shape index (κ2) is 5.19. The third-order valence-electron chi connectivity index (χ3n) is 6.84. The first-order valence-corrected chi connectivity index (χ1v) is 9.17. The summed E-state index contributed by atoms with van der Waals surface area (Å²) in [6.45, 7) is 2.00. The molecule has 5 aliphatic rings. The van der Waals surface area contributed by atoms with Crippen LogP contribution in [0.1, 0.15) is 39.0 Å². The third-order valence-corrected chi connectivity index (χ3v) is 6.84. The van der Waals surface area contributed by atoms with Crippen molar-refractivity contribution < 1.29 is 33.7 Å². The minimum Gasteiger partial charge on any atom is -0.457 e. The summed E-state index contributed by atoms with van der Waals surface area (Å²) in [4.78, 5) is 37.2. The number of fused-ring (bicyclic) bond motifs is 1. The molecule has 3 heterocycles. The molecule has 0 bridgehead atoms. The largest absolute Gasteiger partial charge is 0.457 e. The molecule has 3 aliphatic heterocycles. The van der Waals surface area contributed by atoms with Crippen LogP contribution in [0, 0.1) is 17.3 Å². The summed E-state index contributed by atoms with van der Waals surface area (Å²) >= 11 is 0. The summed E-state index contributed by atoms with van der Waals surface area (Å²) in [6.07, 6.45) is 2.38. The molecule has 0 radical (unpaired) electrons. The molecular formula is C19H20O7. The lowest BCUT2D eigenvalue weighted by atomic mass is 9.54. The van der Waals surface area contributed by atoms with E-state index in [-0.39, 0.29) is 35.5 Å². The highest BCUT2D eigenvalue weighted by atomic mass is 16.6. The Hall–Kier alpha value is -2.15. The predicted octanol–water partition coefficient (Wildman–Crippen LogP) is 1.15. The number of aliphatic hydroxyl groups is 1. The number of aliphatic hydroxyl groups excluding tert-OH is 1. The maximum absolute atomic E-state index is 13.1. The molecule has 6 atom stereocenters. The zero-order chi connectivity index (χ0) is 18.2. The first kappa shape index (κ1) is 16.1. The van der Waals surface area contributed by atoms with Gasteiger partial charge in [0.1, 0.15) is 12.2 Å². The Morgan fingerprint density at radius 2 is 1.92 bits per heavy atom. The van der Waals surface area contributed by atoms with E-state index in [2.05, 4.69) is 0 Å². The molecule has 1 saturated carbocycles. The Morgan fingerprint density at radius 1 is 1.12 bits per heavy atom. The van der Waals surface area contributed by atoms with Gasteiger partial charge in [-0.3, -0.25) is 4.79 Å². The number of cyclic esters (lactones) is 2. The maximum Gasteiger partial charge on any atom is 0.340 e. The fourth-order valence-electron chi connectivity index (χ4n) is 5.68. The van der Waals surface area contributed by atoms with Gasteiger partial charge >= 0.3 is 17.9 Å². The van der Waals surface area contributed by atoms with Crippen LogP contribution in [0.2, 0.25) is 0 Å². The number of rotatable bonds is 1.